The lowest BCUT2D eigenvalue weighted by molar-refractivity contribution is -0.156. The lowest BCUT2D eigenvalue weighted by Gasteiger charge is -2.44. The number of hydrogen-bond acceptors (Lipinski definition) is 6. The van der Waals surface area contributed by atoms with Crippen molar-refractivity contribution in [3.05, 3.63) is 35.5 Å². The van der Waals surface area contributed by atoms with Gasteiger partial charge in [-0.05, 0) is 56.7 Å². The van der Waals surface area contributed by atoms with Gasteiger partial charge in [-0.15, -0.1) is 0 Å². The van der Waals surface area contributed by atoms with E-state index in [9.17, 15) is 37.3 Å². The first-order valence-corrected chi connectivity index (χ1v) is 17.8. The van der Waals surface area contributed by atoms with Gasteiger partial charge in [0.2, 0.25) is 23.6 Å². The standard InChI is InChI=1S/C31H39F2N6O8P/c1-18(40)37-12-9-22-6-8-26(30(44)38-15-20(16-38)28(42)36-10-3-2-4-11-36)39(22)29(43)25(17-37)35-27(41)24-14-19-13-21(5-7-23(19)34-24)31(32,33)48(45,46)47/h5,7,13-14,20,22,25-26,34H,2-4,6,8-12,15-17H2,1H3,(H,35,41)(H2,45,46,47)/t22-,25+,26+/m1/s1. The molecule has 0 aliphatic carbocycles. The molecule has 4 aliphatic rings. The SMILES string of the molecule is CC(=O)N1CC[C@H]2CC[C@@H](C(=O)N3CC(C(=O)N4CCCCC4)C3)N2C(=O)[C@@H](NC(=O)c2cc3cc(C(F)(F)P(=O)(O)O)ccc3[nH]2)C1. The van der Waals surface area contributed by atoms with Gasteiger partial charge in [-0.2, -0.15) is 8.78 Å². The summed E-state index contributed by atoms with van der Waals surface area (Å²) in [5.74, 6) is -2.06. The van der Waals surface area contributed by atoms with Crippen LogP contribution in [0.4, 0.5) is 8.78 Å². The molecule has 0 bridgehead atoms. The zero-order valence-electron chi connectivity index (χ0n) is 26.4. The first kappa shape index (κ1) is 34.0. The highest BCUT2D eigenvalue weighted by Gasteiger charge is 2.51. The van der Waals surface area contributed by atoms with E-state index >= 15 is 0 Å². The number of aromatic nitrogens is 1. The highest BCUT2D eigenvalue weighted by molar-refractivity contribution is 7.52. The van der Waals surface area contributed by atoms with Gasteiger partial charge in [0.25, 0.3) is 5.91 Å². The number of nitrogens with zero attached hydrogens (tertiary/aromatic N) is 4. The fourth-order valence-corrected chi connectivity index (χ4v) is 7.73. The fourth-order valence-electron chi connectivity index (χ4n) is 7.25. The maximum absolute atomic E-state index is 14.3. The number of carbonyl (C=O) groups excluding carboxylic acids is 5. The first-order chi connectivity index (χ1) is 22.7. The van der Waals surface area contributed by atoms with Crippen LogP contribution in [0.2, 0.25) is 0 Å². The van der Waals surface area contributed by atoms with Gasteiger partial charge in [-0.3, -0.25) is 28.5 Å². The molecule has 4 aliphatic heterocycles. The van der Waals surface area contributed by atoms with Crippen molar-refractivity contribution in [3.63, 3.8) is 0 Å². The molecule has 1 aromatic heterocycles. The molecule has 0 unspecified atom stereocenters. The zero-order valence-corrected chi connectivity index (χ0v) is 27.3. The van der Waals surface area contributed by atoms with E-state index in [1.165, 1.54) is 22.8 Å². The minimum absolute atomic E-state index is 0.0567. The minimum atomic E-state index is -5.81. The molecule has 17 heteroatoms. The number of likely N-dealkylation sites (tertiary alicyclic amines) is 2. The number of benzene rings is 1. The molecule has 4 saturated heterocycles. The van der Waals surface area contributed by atoms with Crippen LogP contribution in [0.3, 0.4) is 0 Å². The number of fused-ring (bicyclic) bond motifs is 2. The van der Waals surface area contributed by atoms with Gasteiger partial charge >= 0.3 is 13.3 Å². The highest BCUT2D eigenvalue weighted by Crippen LogP contribution is 2.59. The first-order valence-electron chi connectivity index (χ1n) is 16.2. The third kappa shape index (κ3) is 6.32. The second kappa shape index (κ2) is 12.9. The molecule has 0 spiro atoms. The third-order valence-electron chi connectivity index (χ3n) is 10.0. The van der Waals surface area contributed by atoms with Crippen LogP contribution < -0.4 is 5.32 Å². The second-order valence-electron chi connectivity index (χ2n) is 13.2. The Morgan fingerprint density at radius 1 is 0.917 bits per heavy atom. The van der Waals surface area contributed by atoms with E-state index in [1.807, 2.05) is 4.90 Å². The van der Waals surface area contributed by atoms with Gasteiger partial charge in [0.05, 0.1) is 5.92 Å². The number of nitrogens with one attached hydrogen (secondary N) is 2. The summed E-state index contributed by atoms with van der Waals surface area (Å²) in [6.07, 6.45) is 4.43. The molecule has 2 aromatic rings. The molecule has 3 atom stereocenters. The summed E-state index contributed by atoms with van der Waals surface area (Å²) in [7, 11) is -5.81. The van der Waals surface area contributed by atoms with E-state index < -0.39 is 42.7 Å². The molecule has 4 fully saturated rings. The lowest BCUT2D eigenvalue weighted by atomic mass is 9.95. The summed E-state index contributed by atoms with van der Waals surface area (Å²) in [5.41, 5.74) is -5.25. The van der Waals surface area contributed by atoms with Gasteiger partial charge in [0.15, 0.2) is 0 Å². The van der Waals surface area contributed by atoms with Crippen molar-refractivity contribution in [2.24, 2.45) is 5.92 Å². The molecular formula is C31H39F2N6O8P. The maximum atomic E-state index is 14.3. The molecule has 4 N–H and O–H groups in total. The largest absolute Gasteiger partial charge is 0.399 e. The van der Waals surface area contributed by atoms with Crippen molar-refractivity contribution in [1.82, 2.24) is 29.9 Å². The third-order valence-corrected chi connectivity index (χ3v) is 11.0. The fraction of sp³-hybridized carbons (Fsp3) is 0.581. The number of H-pyrrole nitrogens is 1. The number of piperidine rings is 1. The van der Waals surface area contributed by atoms with E-state index in [0.717, 1.165) is 50.6 Å². The van der Waals surface area contributed by atoms with Crippen molar-refractivity contribution in [2.45, 2.75) is 69.2 Å². The topological polar surface area (TPSA) is 184 Å². The average Bonchev–Trinajstić information content (AvgIpc) is 3.64. The van der Waals surface area contributed by atoms with Gasteiger partial charge in [0.1, 0.15) is 17.8 Å². The normalized spacial score (nSPS) is 24.2. The number of halogens is 2. The van der Waals surface area contributed by atoms with Crippen molar-refractivity contribution in [3.8, 4) is 0 Å². The summed E-state index contributed by atoms with van der Waals surface area (Å²) < 4.78 is 40.0. The zero-order chi connectivity index (χ0) is 34.5. The molecule has 5 amide bonds. The Morgan fingerprint density at radius 2 is 1.62 bits per heavy atom. The van der Waals surface area contributed by atoms with E-state index in [-0.39, 0.29) is 65.9 Å². The van der Waals surface area contributed by atoms with Gasteiger partial charge < -0.3 is 39.7 Å². The van der Waals surface area contributed by atoms with E-state index in [2.05, 4.69) is 10.3 Å². The minimum Gasteiger partial charge on any atom is -0.351 e. The van der Waals surface area contributed by atoms with E-state index in [0.29, 0.717) is 25.8 Å². The van der Waals surface area contributed by atoms with Crippen LogP contribution >= 0.6 is 7.60 Å². The maximum Gasteiger partial charge on any atom is 0.399 e. The molecule has 14 nitrogen and oxygen atoms in total. The number of aromatic amines is 1. The molecule has 260 valence electrons. The molecule has 48 heavy (non-hydrogen) atoms. The quantitative estimate of drug-likeness (QED) is 0.329. The number of carbonyl (C=O) groups is 5. The predicted octanol–water partition coefficient (Wildman–Crippen LogP) is 1.58. The number of hydrogen-bond donors (Lipinski definition) is 4. The highest BCUT2D eigenvalue weighted by atomic mass is 31.2. The van der Waals surface area contributed by atoms with E-state index in [4.69, 9.17) is 9.79 Å². The van der Waals surface area contributed by atoms with Crippen LogP contribution in [0.15, 0.2) is 24.3 Å². The van der Waals surface area contributed by atoms with Crippen LogP contribution in [0.25, 0.3) is 10.9 Å². The Hall–Kier alpha value is -3.88. The molecule has 1 aromatic carbocycles. The summed E-state index contributed by atoms with van der Waals surface area (Å²) in [4.78, 5) is 94.1. The Labute approximate surface area is 274 Å². The van der Waals surface area contributed by atoms with Crippen molar-refractivity contribution >= 4 is 48.0 Å². The van der Waals surface area contributed by atoms with Gasteiger partial charge in [0, 0.05) is 68.7 Å². The molecule has 0 radical (unpaired) electrons. The van der Waals surface area contributed by atoms with Crippen LogP contribution in [0, 0.1) is 5.92 Å². The summed E-state index contributed by atoms with van der Waals surface area (Å²) in [6.45, 7) is 3.54. The Morgan fingerprint density at radius 3 is 2.29 bits per heavy atom. The predicted molar refractivity (Wildman–Crippen MR) is 167 cm³/mol. The van der Waals surface area contributed by atoms with Crippen molar-refractivity contribution in [1.29, 1.82) is 0 Å². The Kier molecular flexibility index (Phi) is 9.11. The van der Waals surface area contributed by atoms with Crippen LogP contribution in [-0.2, 0) is 29.4 Å². The van der Waals surface area contributed by atoms with Gasteiger partial charge in [-0.1, -0.05) is 6.07 Å². The molecule has 6 rings (SSSR count). The molecule has 0 saturated carbocycles. The summed E-state index contributed by atoms with van der Waals surface area (Å²) in [5, 5.41) is 2.73. The monoisotopic (exact) mass is 692 g/mol. The summed E-state index contributed by atoms with van der Waals surface area (Å²) >= 11 is 0. The van der Waals surface area contributed by atoms with E-state index in [1.54, 1.807) is 4.90 Å². The number of rotatable bonds is 6. The average molecular weight is 693 g/mol. The molecule has 5 heterocycles. The number of amides is 5. The molecular weight excluding hydrogens is 653 g/mol. The Bertz CT molecular complexity index is 1680. The lowest BCUT2D eigenvalue weighted by Crippen LogP contribution is -2.64. The van der Waals surface area contributed by atoms with Gasteiger partial charge in [-0.25, -0.2) is 0 Å². The van der Waals surface area contributed by atoms with Crippen molar-refractivity contribution < 1.29 is 47.1 Å². The van der Waals surface area contributed by atoms with Crippen LogP contribution in [0.5, 0.6) is 0 Å². The second-order valence-corrected chi connectivity index (χ2v) is 14.8. The summed E-state index contributed by atoms with van der Waals surface area (Å²) in [6, 6.07) is 1.73. The van der Waals surface area contributed by atoms with Crippen molar-refractivity contribution in [2.75, 3.05) is 39.3 Å². The van der Waals surface area contributed by atoms with Crippen LogP contribution in [-0.4, -0.2) is 121 Å². The smallest absolute Gasteiger partial charge is 0.351 e. The van der Waals surface area contributed by atoms with Crippen LogP contribution in [0.1, 0.15) is 61.5 Å². The number of alkyl halides is 2. The Balaban J connectivity index is 1.18.